The molecule has 192 valence electrons. The van der Waals surface area contributed by atoms with E-state index in [9.17, 15) is 4.79 Å². The minimum Gasteiger partial charge on any atom is -0.353 e. The van der Waals surface area contributed by atoms with Crippen LogP contribution in [0.25, 0.3) is 0 Å². The standard InChI is InChI=1S/C29H60N2O/c1-3-5-6-7-8-9-10-11-12-13-14-15-16-17-18-19-20-21-22-26-29(32)31-28(4-2)25-23-24-27-30/h28H,3-27,30H2,1-2H3,(H,31,32). The van der Waals surface area contributed by atoms with E-state index in [2.05, 4.69) is 19.2 Å². The lowest BCUT2D eigenvalue weighted by molar-refractivity contribution is -0.122. The van der Waals surface area contributed by atoms with Gasteiger partial charge in [-0.25, -0.2) is 0 Å². The van der Waals surface area contributed by atoms with Gasteiger partial charge in [0.15, 0.2) is 0 Å². The Morgan fingerprint density at radius 1 is 0.594 bits per heavy atom. The Morgan fingerprint density at radius 2 is 1.00 bits per heavy atom. The fourth-order valence-corrected chi connectivity index (χ4v) is 4.58. The maximum absolute atomic E-state index is 12.1. The van der Waals surface area contributed by atoms with Crippen LogP contribution in [0.15, 0.2) is 0 Å². The average molecular weight is 453 g/mol. The van der Waals surface area contributed by atoms with Crippen molar-refractivity contribution in [3.8, 4) is 0 Å². The summed E-state index contributed by atoms with van der Waals surface area (Å²) in [5.41, 5.74) is 5.55. The summed E-state index contributed by atoms with van der Waals surface area (Å²) in [6, 6.07) is 0.342. The number of carbonyl (C=O) groups excluding carboxylic acids is 1. The molecule has 0 rings (SSSR count). The molecular weight excluding hydrogens is 392 g/mol. The number of unbranched alkanes of at least 4 members (excludes halogenated alkanes) is 19. The number of hydrogen-bond donors (Lipinski definition) is 2. The van der Waals surface area contributed by atoms with E-state index in [0.29, 0.717) is 12.5 Å². The highest BCUT2D eigenvalue weighted by atomic mass is 16.1. The smallest absolute Gasteiger partial charge is 0.220 e. The van der Waals surface area contributed by atoms with Gasteiger partial charge in [-0.2, -0.15) is 0 Å². The second kappa shape index (κ2) is 26.7. The summed E-state index contributed by atoms with van der Waals surface area (Å²) < 4.78 is 0. The van der Waals surface area contributed by atoms with Crippen molar-refractivity contribution in [3.05, 3.63) is 0 Å². The van der Waals surface area contributed by atoms with Crippen molar-refractivity contribution in [2.75, 3.05) is 6.54 Å². The third kappa shape index (κ3) is 24.1. The van der Waals surface area contributed by atoms with Gasteiger partial charge in [0.05, 0.1) is 0 Å². The Bertz CT molecular complexity index is 372. The second-order valence-corrected chi connectivity index (χ2v) is 10.1. The summed E-state index contributed by atoms with van der Waals surface area (Å²) in [4.78, 5) is 12.1. The summed E-state index contributed by atoms with van der Waals surface area (Å²) >= 11 is 0. The molecule has 1 atom stereocenters. The molecule has 0 aromatic rings. The van der Waals surface area contributed by atoms with Gasteiger partial charge in [-0.15, -0.1) is 0 Å². The number of nitrogens with two attached hydrogens (primary N) is 1. The topological polar surface area (TPSA) is 55.1 Å². The highest BCUT2D eigenvalue weighted by molar-refractivity contribution is 5.76. The van der Waals surface area contributed by atoms with Gasteiger partial charge in [-0.3, -0.25) is 4.79 Å². The third-order valence-electron chi connectivity index (χ3n) is 6.87. The van der Waals surface area contributed by atoms with Crippen LogP contribution < -0.4 is 11.1 Å². The van der Waals surface area contributed by atoms with Crippen molar-refractivity contribution >= 4 is 5.91 Å². The first-order valence-corrected chi connectivity index (χ1v) is 14.7. The van der Waals surface area contributed by atoms with Crippen LogP contribution in [0.2, 0.25) is 0 Å². The van der Waals surface area contributed by atoms with Gasteiger partial charge in [-0.1, -0.05) is 136 Å². The van der Waals surface area contributed by atoms with Crippen molar-refractivity contribution in [2.24, 2.45) is 5.73 Å². The Morgan fingerprint density at radius 3 is 1.38 bits per heavy atom. The molecular formula is C29H60N2O. The van der Waals surface area contributed by atoms with Crippen LogP contribution in [0.1, 0.15) is 168 Å². The molecule has 0 heterocycles. The van der Waals surface area contributed by atoms with Crippen molar-refractivity contribution in [3.63, 3.8) is 0 Å². The molecule has 0 saturated heterocycles. The highest BCUT2D eigenvalue weighted by Crippen LogP contribution is 2.15. The van der Waals surface area contributed by atoms with Crippen molar-refractivity contribution in [1.82, 2.24) is 5.32 Å². The number of hydrogen-bond acceptors (Lipinski definition) is 2. The Kier molecular flexibility index (Phi) is 26.2. The summed E-state index contributed by atoms with van der Waals surface area (Å²) in [5, 5.41) is 3.20. The van der Waals surface area contributed by atoms with E-state index in [1.165, 1.54) is 116 Å². The van der Waals surface area contributed by atoms with Gasteiger partial charge in [0.25, 0.3) is 0 Å². The lowest BCUT2D eigenvalue weighted by Crippen LogP contribution is -2.34. The molecule has 3 N–H and O–H groups in total. The van der Waals surface area contributed by atoms with E-state index in [0.717, 1.165) is 38.6 Å². The van der Waals surface area contributed by atoms with Gasteiger partial charge < -0.3 is 11.1 Å². The third-order valence-corrected chi connectivity index (χ3v) is 6.87. The van der Waals surface area contributed by atoms with Crippen LogP contribution in [0, 0.1) is 0 Å². The van der Waals surface area contributed by atoms with E-state index >= 15 is 0 Å². The summed E-state index contributed by atoms with van der Waals surface area (Å²) in [6.07, 6.45) is 31.4. The lowest BCUT2D eigenvalue weighted by atomic mass is 10.0. The summed E-state index contributed by atoms with van der Waals surface area (Å²) in [5.74, 6) is 0.247. The maximum atomic E-state index is 12.1. The summed E-state index contributed by atoms with van der Waals surface area (Å²) in [6.45, 7) is 5.20. The molecule has 1 amide bonds. The molecule has 0 bridgehead atoms. The number of rotatable bonds is 26. The molecule has 1 unspecified atom stereocenters. The predicted molar refractivity (Wildman–Crippen MR) is 143 cm³/mol. The largest absolute Gasteiger partial charge is 0.353 e. The van der Waals surface area contributed by atoms with E-state index in [4.69, 9.17) is 5.73 Å². The number of nitrogens with one attached hydrogen (secondary N) is 1. The van der Waals surface area contributed by atoms with Crippen molar-refractivity contribution in [2.45, 2.75) is 174 Å². The molecule has 0 aromatic carbocycles. The van der Waals surface area contributed by atoms with Gasteiger partial charge in [0.1, 0.15) is 0 Å². The number of amides is 1. The zero-order valence-corrected chi connectivity index (χ0v) is 22.2. The molecule has 0 fully saturated rings. The Labute approximate surface area is 202 Å². The number of carbonyl (C=O) groups is 1. The normalized spacial score (nSPS) is 12.2. The summed E-state index contributed by atoms with van der Waals surface area (Å²) in [7, 11) is 0. The molecule has 0 aromatic heterocycles. The molecule has 0 spiro atoms. The second-order valence-electron chi connectivity index (χ2n) is 10.1. The van der Waals surface area contributed by atoms with Crippen LogP contribution in [0.5, 0.6) is 0 Å². The molecule has 0 aliphatic heterocycles. The molecule has 0 aliphatic carbocycles. The fourth-order valence-electron chi connectivity index (χ4n) is 4.58. The van der Waals surface area contributed by atoms with Crippen molar-refractivity contribution < 1.29 is 4.79 Å². The lowest BCUT2D eigenvalue weighted by Gasteiger charge is -2.16. The Hall–Kier alpha value is -0.570. The van der Waals surface area contributed by atoms with Crippen LogP contribution in [-0.4, -0.2) is 18.5 Å². The zero-order valence-electron chi connectivity index (χ0n) is 22.2. The van der Waals surface area contributed by atoms with Crippen LogP contribution in [0.3, 0.4) is 0 Å². The van der Waals surface area contributed by atoms with E-state index < -0.39 is 0 Å². The molecule has 3 heteroatoms. The minimum absolute atomic E-state index is 0.247. The predicted octanol–water partition coefficient (Wildman–Crippen LogP) is 8.83. The fraction of sp³-hybridized carbons (Fsp3) is 0.966. The van der Waals surface area contributed by atoms with Crippen LogP contribution in [-0.2, 0) is 4.79 Å². The molecule has 0 saturated carbocycles. The molecule has 0 aliphatic rings. The van der Waals surface area contributed by atoms with Crippen molar-refractivity contribution in [1.29, 1.82) is 0 Å². The van der Waals surface area contributed by atoms with Gasteiger partial charge >= 0.3 is 0 Å². The first kappa shape index (κ1) is 31.4. The zero-order chi connectivity index (χ0) is 23.5. The van der Waals surface area contributed by atoms with Gasteiger partial charge in [-0.05, 0) is 32.2 Å². The maximum Gasteiger partial charge on any atom is 0.220 e. The average Bonchev–Trinajstić information content (AvgIpc) is 2.80. The molecule has 32 heavy (non-hydrogen) atoms. The van der Waals surface area contributed by atoms with E-state index in [1.54, 1.807) is 0 Å². The molecule has 0 radical (unpaired) electrons. The van der Waals surface area contributed by atoms with E-state index in [1.807, 2.05) is 0 Å². The quantitative estimate of drug-likeness (QED) is 0.129. The molecule has 3 nitrogen and oxygen atoms in total. The van der Waals surface area contributed by atoms with E-state index in [-0.39, 0.29) is 5.91 Å². The van der Waals surface area contributed by atoms with Crippen LogP contribution in [0.4, 0.5) is 0 Å². The SMILES string of the molecule is CCCCCCCCCCCCCCCCCCCCCC(=O)NC(CC)CCCCN. The Balaban J connectivity index is 3.25. The minimum atomic E-state index is 0.247. The van der Waals surface area contributed by atoms with Gasteiger partial charge in [0.2, 0.25) is 5.91 Å². The highest BCUT2D eigenvalue weighted by Gasteiger charge is 2.09. The first-order chi connectivity index (χ1) is 15.7. The van der Waals surface area contributed by atoms with Crippen LogP contribution >= 0.6 is 0 Å². The van der Waals surface area contributed by atoms with Gasteiger partial charge in [0, 0.05) is 12.5 Å². The monoisotopic (exact) mass is 452 g/mol. The first-order valence-electron chi connectivity index (χ1n) is 14.7.